The number of amides is 1. The van der Waals surface area contributed by atoms with Gasteiger partial charge in [-0.05, 0) is 18.8 Å². The van der Waals surface area contributed by atoms with E-state index in [4.69, 9.17) is 10.2 Å². The summed E-state index contributed by atoms with van der Waals surface area (Å²) in [5.74, 6) is 0.731. The number of carbonyl (C=O) groups is 1. The van der Waals surface area contributed by atoms with E-state index in [1.807, 2.05) is 0 Å². The predicted octanol–water partition coefficient (Wildman–Crippen LogP) is 4.20. The van der Waals surface area contributed by atoms with E-state index in [0.717, 1.165) is 19.3 Å². The molecule has 0 radical (unpaired) electrons. The topological polar surface area (TPSA) is 81.2 Å². The fraction of sp³-hybridized carbons (Fsp3) is 0.778. The van der Waals surface area contributed by atoms with Gasteiger partial charge in [0.2, 0.25) is 5.89 Å². The highest BCUT2D eigenvalue weighted by Crippen LogP contribution is 2.18. The van der Waals surface area contributed by atoms with Crippen LogP contribution in [-0.2, 0) is 0 Å². The summed E-state index contributed by atoms with van der Waals surface area (Å²) in [6.45, 7) is 7.10. The molecule has 0 aliphatic heterocycles. The SMILES string of the molecule is CCCCCCCCCNC(=O)c1coc(C(N)CC(C)C)n1. The second-order valence-corrected chi connectivity index (χ2v) is 6.68. The van der Waals surface area contributed by atoms with E-state index < -0.39 is 0 Å². The largest absolute Gasteiger partial charge is 0.446 e. The van der Waals surface area contributed by atoms with E-state index in [1.165, 1.54) is 38.4 Å². The molecule has 23 heavy (non-hydrogen) atoms. The molecule has 0 spiro atoms. The van der Waals surface area contributed by atoms with Gasteiger partial charge in [0, 0.05) is 6.54 Å². The van der Waals surface area contributed by atoms with Crippen LogP contribution in [0.4, 0.5) is 0 Å². The van der Waals surface area contributed by atoms with E-state index in [1.54, 1.807) is 0 Å². The Labute approximate surface area is 140 Å². The fourth-order valence-corrected chi connectivity index (χ4v) is 2.55. The number of aromatic nitrogens is 1. The number of oxazole rings is 1. The second-order valence-electron chi connectivity index (χ2n) is 6.68. The molecule has 5 heteroatoms. The Balaban J connectivity index is 2.21. The molecule has 1 amide bonds. The molecule has 0 bridgehead atoms. The minimum absolute atomic E-state index is 0.178. The highest BCUT2D eigenvalue weighted by molar-refractivity contribution is 5.91. The summed E-state index contributed by atoms with van der Waals surface area (Å²) in [6, 6.07) is -0.250. The second kappa shape index (κ2) is 11.2. The number of nitrogens with zero attached hydrogens (tertiary/aromatic N) is 1. The molecule has 1 aromatic rings. The first kappa shape index (κ1) is 19.7. The van der Waals surface area contributed by atoms with Gasteiger partial charge in [-0.1, -0.05) is 59.3 Å². The van der Waals surface area contributed by atoms with Gasteiger partial charge in [-0.15, -0.1) is 0 Å². The Hall–Kier alpha value is -1.36. The van der Waals surface area contributed by atoms with Crippen molar-refractivity contribution in [2.24, 2.45) is 11.7 Å². The summed E-state index contributed by atoms with van der Waals surface area (Å²) in [4.78, 5) is 16.2. The first-order valence-corrected chi connectivity index (χ1v) is 9.03. The van der Waals surface area contributed by atoms with Crippen molar-refractivity contribution in [2.45, 2.75) is 78.2 Å². The van der Waals surface area contributed by atoms with Crippen LogP contribution in [0.1, 0.15) is 94.6 Å². The summed E-state index contributed by atoms with van der Waals surface area (Å²) in [5.41, 5.74) is 6.33. The van der Waals surface area contributed by atoms with Crippen LogP contribution in [0.2, 0.25) is 0 Å². The molecular weight excluding hydrogens is 290 g/mol. The third-order valence-corrected chi connectivity index (χ3v) is 3.86. The lowest BCUT2D eigenvalue weighted by Gasteiger charge is -2.09. The third-order valence-electron chi connectivity index (χ3n) is 3.86. The van der Waals surface area contributed by atoms with Crippen molar-refractivity contribution in [2.75, 3.05) is 6.54 Å². The lowest BCUT2D eigenvalue weighted by atomic mass is 10.0. The van der Waals surface area contributed by atoms with Crippen molar-refractivity contribution in [1.82, 2.24) is 10.3 Å². The maximum atomic E-state index is 12.0. The Kier molecular flexibility index (Phi) is 9.60. The van der Waals surface area contributed by atoms with Crippen molar-refractivity contribution in [3.8, 4) is 0 Å². The predicted molar refractivity (Wildman–Crippen MR) is 93.2 cm³/mol. The molecule has 5 nitrogen and oxygen atoms in total. The van der Waals surface area contributed by atoms with Crippen LogP contribution >= 0.6 is 0 Å². The van der Waals surface area contributed by atoms with Crippen LogP contribution in [0.5, 0.6) is 0 Å². The van der Waals surface area contributed by atoms with Crippen LogP contribution in [0.15, 0.2) is 10.7 Å². The monoisotopic (exact) mass is 323 g/mol. The molecule has 0 aliphatic carbocycles. The standard InChI is InChI=1S/C18H33N3O2/c1-4-5-6-7-8-9-10-11-20-17(22)16-13-23-18(21-16)15(19)12-14(2)3/h13-15H,4-12,19H2,1-3H3,(H,20,22). The highest BCUT2D eigenvalue weighted by Gasteiger charge is 2.17. The minimum Gasteiger partial charge on any atom is -0.446 e. The van der Waals surface area contributed by atoms with Gasteiger partial charge >= 0.3 is 0 Å². The van der Waals surface area contributed by atoms with E-state index in [9.17, 15) is 4.79 Å². The zero-order valence-electron chi connectivity index (χ0n) is 14.9. The summed E-state index contributed by atoms with van der Waals surface area (Å²) >= 11 is 0. The lowest BCUT2D eigenvalue weighted by Crippen LogP contribution is -2.25. The molecule has 1 rings (SSSR count). The van der Waals surface area contributed by atoms with Crippen molar-refractivity contribution in [3.05, 3.63) is 17.8 Å². The number of hydrogen-bond donors (Lipinski definition) is 2. The molecule has 3 N–H and O–H groups in total. The molecule has 1 aromatic heterocycles. The Morgan fingerprint density at radius 2 is 1.87 bits per heavy atom. The molecule has 0 saturated carbocycles. The van der Waals surface area contributed by atoms with Crippen LogP contribution in [0, 0.1) is 5.92 Å². The van der Waals surface area contributed by atoms with E-state index in [-0.39, 0.29) is 11.9 Å². The van der Waals surface area contributed by atoms with Crippen molar-refractivity contribution in [3.63, 3.8) is 0 Å². The minimum atomic E-state index is -0.250. The van der Waals surface area contributed by atoms with Crippen molar-refractivity contribution >= 4 is 5.91 Å². The van der Waals surface area contributed by atoms with Crippen LogP contribution in [0.25, 0.3) is 0 Å². The highest BCUT2D eigenvalue weighted by atomic mass is 16.3. The first-order valence-electron chi connectivity index (χ1n) is 9.03. The number of unbranched alkanes of at least 4 members (excludes halogenated alkanes) is 6. The molecule has 1 unspecified atom stereocenters. The van der Waals surface area contributed by atoms with Crippen LogP contribution in [-0.4, -0.2) is 17.4 Å². The molecule has 0 fully saturated rings. The summed E-state index contributed by atoms with van der Waals surface area (Å²) < 4.78 is 5.33. The van der Waals surface area contributed by atoms with Gasteiger partial charge < -0.3 is 15.5 Å². The van der Waals surface area contributed by atoms with Gasteiger partial charge in [0.25, 0.3) is 5.91 Å². The average Bonchev–Trinajstić information content (AvgIpc) is 2.99. The van der Waals surface area contributed by atoms with Gasteiger partial charge in [0.05, 0.1) is 6.04 Å². The maximum absolute atomic E-state index is 12.0. The summed E-state index contributed by atoms with van der Waals surface area (Å²) in [6.07, 6.45) is 10.8. The number of carbonyl (C=O) groups excluding carboxylic acids is 1. The molecule has 0 aliphatic rings. The van der Waals surface area contributed by atoms with E-state index in [2.05, 4.69) is 31.1 Å². The average molecular weight is 323 g/mol. The first-order chi connectivity index (χ1) is 11.0. The van der Waals surface area contributed by atoms with Crippen molar-refractivity contribution < 1.29 is 9.21 Å². The van der Waals surface area contributed by atoms with Crippen molar-refractivity contribution in [1.29, 1.82) is 0 Å². The maximum Gasteiger partial charge on any atom is 0.273 e. The summed E-state index contributed by atoms with van der Waals surface area (Å²) in [5, 5.41) is 2.89. The number of nitrogens with two attached hydrogens (primary N) is 1. The fourth-order valence-electron chi connectivity index (χ4n) is 2.55. The number of rotatable bonds is 12. The molecule has 0 saturated heterocycles. The van der Waals surface area contributed by atoms with Gasteiger partial charge in [0.15, 0.2) is 5.69 Å². The summed E-state index contributed by atoms with van der Waals surface area (Å²) in [7, 11) is 0. The van der Waals surface area contributed by atoms with Crippen LogP contribution in [0.3, 0.4) is 0 Å². The quantitative estimate of drug-likeness (QED) is 0.565. The van der Waals surface area contributed by atoms with E-state index >= 15 is 0 Å². The lowest BCUT2D eigenvalue weighted by molar-refractivity contribution is 0.0948. The normalized spacial score (nSPS) is 12.6. The van der Waals surface area contributed by atoms with Gasteiger partial charge in [-0.3, -0.25) is 4.79 Å². The third kappa shape index (κ3) is 8.16. The molecule has 132 valence electrons. The smallest absolute Gasteiger partial charge is 0.273 e. The van der Waals surface area contributed by atoms with Gasteiger partial charge in [-0.25, -0.2) is 4.98 Å². The Bertz CT molecular complexity index is 443. The Morgan fingerprint density at radius 1 is 1.22 bits per heavy atom. The Morgan fingerprint density at radius 3 is 2.52 bits per heavy atom. The zero-order chi connectivity index (χ0) is 17.1. The number of nitrogens with one attached hydrogen (secondary N) is 1. The van der Waals surface area contributed by atoms with Gasteiger partial charge in [0.1, 0.15) is 6.26 Å². The molecule has 0 aromatic carbocycles. The van der Waals surface area contributed by atoms with E-state index in [0.29, 0.717) is 24.0 Å². The molecule has 1 atom stereocenters. The van der Waals surface area contributed by atoms with Crippen LogP contribution < -0.4 is 11.1 Å². The zero-order valence-corrected chi connectivity index (χ0v) is 14.9. The number of hydrogen-bond acceptors (Lipinski definition) is 4. The van der Waals surface area contributed by atoms with Gasteiger partial charge in [-0.2, -0.15) is 0 Å². The molecule has 1 heterocycles. The molecular formula is C18H33N3O2.